The molecule has 0 spiro atoms. The van der Waals surface area contributed by atoms with Gasteiger partial charge in [-0.15, -0.1) is 0 Å². The first kappa shape index (κ1) is 19.5. The molecule has 0 aromatic heterocycles. The molecule has 4 rings (SSSR count). The van der Waals surface area contributed by atoms with Crippen LogP contribution in [0.2, 0.25) is 0 Å². The van der Waals surface area contributed by atoms with Crippen molar-refractivity contribution >= 4 is 5.91 Å². The minimum atomic E-state index is -0.0717. The Morgan fingerprint density at radius 3 is 2.52 bits per heavy atom. The largest absolute Gasteiger partial charge is 0.497 e. The molecule has 0 saturated carbocycles. The zero-order valence-corrected chi connectivity index (χ0v) is 17.0. The molecule has 154 valence electrons. The Bertz CT molecular complexity index is 848. The van der Waals surface area contributed by atoms with Crippen LogP contribution in [0.5, 0.6) is 17.2 Å². The maximum atomic E-state index is 12.7. The van der Waals surface area contributed by atoms with E-state index in [1.807, 2.05) is 6.07 Å². The quantitative estimate of drug-likeness (QED) is 0.602. The Labute approximate surface area is 171 Å². The lowest BCUT2D eigenvalue weighted by atomic mass is 10.0. The summed E-state index contributed by atoms with van der Waals surface area (Å²) in [7, 11) is 3.85. The minimum absolute atomic E-state index is 0.0717. The third-order valence-electron chi connectivity index (χ3n) is 5.86. The molecule has 2 aliphatic rings. The van der Waals surface area contributed by atoms with Crippen LogP contribution in [0.25, 0.3) is 0 Å². The van der Waals surface area contributed by atoms with E-state index in [2.05, 4.69) is 24.5 Å². The monoisotopic (exact) mass is 399 g/mol. The maximum absolute atomic E-state index is 12.7. The van der Waals surface area contributed by atoms with Crippen LogP contribution in [0.1, 0.15) is 22.0 Å². The van der Waals surface area contributed by atoms with E-state index in [4.69, 9.17) is 14.2 Å². The standard InChI is InChI=1S/C22H27N3O4/c1-24-9-11-25(12-10-24)19(17-5-8-20-21(13-17)29-15-28-20)14-23-22(26)16-3-6-18(27-2)7-4-16/h3-8,13,19H,9-12,14-15H2,1-2H3,(H,23,26)/p+2/t19-/m0/s1. The number of methoxy groups -OCH3 is 1. The van der Waals surface area contributed by atoms with E-state index in [1.165, 1.54) is 10.5 Å². The first-order chi connectivity index (χ1) is 14.1. The van der Waals surface area contributed by atoms with Crippen LogP contribution in [-0.4, -0.2) is 59.6 Å². The number of benzene rings is 2. The van der Waals surface area contributed by atoms with Crippen LogP contribution in [0.15, 0.2) is 42.5 Å². The average molecular weight is 399 g/mol. The molecular weight excluding hydrogens is 370 g/mol. The molecule has 1 fully saturated rings. The minimum Gasteiger partial charge on any atom is -0.497 e. The topological polar surface area (TPSA) is 65.7 Å². The summed E-state index contributed by atoms with van der Waals surface area (Å²) in [5.41, 5.74) is 1.80. The molecule has 3 N–H and O–H groups in total. The SMILES string of the molecule is COc1ccc(C(=O)NC[C@@H](c2ccc3c(c2)OCO3)[NH+]2CC[NH+](C)CC2)cc1. The van der Waals surface area contributed by atoms with Gasteiger partial charge in [-0.2, -0.15) is 0 Å². The number of ether oxygens (including phenoxy) is 3. The fraction of sp³-hybridized carbons (Fsp3) is 0.409. The van der Waals surface area contributed by atoms with E-state index in [9.17, 15) is 4.79 Å². The number of hydrogen-bond donors (Lipinski definition) is 3. The van der Waals surface area contributed by atoms with Crippen molar-refractivity contribution in [3.05, 3.63) is 53.6 Å². The summed E-state index contributed by atoms with van der Waals surface area (Å²) in [6, 6.07) is 13.5. The summed E-state index contributed by atoms with van der Waals surface area (Å²) in [5, 5.41) is 3.13. The van der Waals surface area contributed by atoms with E-state index in [1.54, 1.807) is 36.3 Å². The van der Waals surface area contributed by atoms with Gasteiger partial charge in [-0.05, 0) is 42.5 Å². The Morgan fingerprint density at radius 2 is 1.79 bits per heavy atom. The predicted molar refractivity (Wildman–Crippen MR) is 108 cm³/mol. The van der Waals surface area contributed by atoms with Crippen molar-refractivity contribution in [3.8, 4) is 17.2 Å². The number of fused-ring (bicyclic) bond motifs is 1. The van der Waals surface area contributed by atoms with Crippen molar-refractivity contribution < 1.29 is 28.8 Å². The maximum Gasteiger partial charge on any atom is 0.251 e. The smallest absolute Gasteiger partial charge is 0.251 e. The first-order valence-electron chi connectivity index (χ1n) is 10.1. The lowest BCUT2D eigenvalue weighted by molar-refractivity contribution is -1.02. The Balaban J connectivity index is 1.49. The van der Waals surface area contributed by atoms with Gasteiger partial charge in [0.1, 0.15) is 38.0 Å². The normalized spacial score (nSPS) is 21.4. The number of quaternary nitrogens is 2. The van der Waals surface area contributed by atoms with Crippen LogP contribution in [0.4, 0.5) is 0 Å². The zero-order chi connectivity index (χ0) is 20.2. The van der Waals surface area contributed by atoms with E-state index < -0.39 is 0 Å². The Hall–Kier alpha value is -2.77. The Kier molecular flexibility index (Phi) is 5.87. The lowest BCUT2D eigenvalue weighted by Gasteiger charge is -2.33. The second kappa shape index (κ2) is 8.71. The number of hydrogen-bond acceptors (Lipinski definition) is 4. The van der Waals surface area contributed by atoms with Gasteiger partial charge >= 0.3 is 0 Å². The summed E-state index contributed by atoms with van der Waals surface area (Å²) in [4.78, 5) is 15.7. The van der Waals surface area contributed by atoms with Gasteiger partial charge in [-0.25, -0.2) is 0 Å². The molecule has 0 bridgehead atoms. The number of rotatable bonds is 6. The second-order valence-corrected chi connectivity index (χ2v) is 7.72. The van der Waals surface area contributed by atoms with Crippen molar-refractivity contribution in [2.75, 3.05) is 53.7 Å². The molecule has 2 aromatic rings. The number of likely N-dealkylation sites (N-methyl/N-ethyl adjacent to an activating group) is 1. The van der Waals surface area contributed by atoms with Crippen molar-refractivity contribution in [2.45, 2.75) is 6.04 Å². The number of nitrogens with one attached hydrogen (secondary N) is 3. The molecule has 0 aliphatic carbocycles. The van der Waals surface area contributed by atoms with Gasteiger partial charge in [0.05, 0.1) is 20.7 Å². The van der Waals surface area contributed by atoms with Crippen molar-refractivity contribution in [1.29, 1.82) is 0 Å². The van der Waals surface area contributed by atoms with E-state index in [-0.39, 0.29) is 18.7 Å². The molecule has 1 saturated heterocycles. The van der Waals surface area contributed by atoms with Gasteiger partial charge in [0, 0.05) is 11.1 Å². The van der Waals surface area contributed by atoms with Crippen LogP contribution in [-0.2, 0) is 0 Å². The van der Waals surface area contributed by atoms with Crippen LogP contribution >= 0.6 is 0 Å². The zero-order valence-electron chi connectivity index (χ0n) is 17.0. The van der Waals surface area contributed by atoms with Crippen molar-refractivity contribution in [2.24, 2.45) is 0 Å². The summed E-state index contributed by atoms with van der Waals surface area (Å²) < 4.78 is 16.2. The number of carbonyl (C=O) groups excluding carboxylic acids is 1. The molecule has 2 heterocycles. The van der Waals surface area contributed by atoms with E-state index >= 15 is 0 Å². The third kappa shape index (κ3) is 4.46. The van der Waals surface area contributed by atoms with Gasteiger partial charge in [-0.3, -0.25) is 4.79 Å². The highest BCUT2D eigenvalue weighted by atomic mass is 16.7. The van der Waals surface area contributed by atoms with Crippen LogP contribution < -0.4 is 29.3 Å². The molecule has 7 heteroatoms. The second-order valence-electron chi connectivity index (χ2n) is 7.72. The molecule has 2 aromatic carbocycles. The molecular formula is C22H29N3O4+2. The average Bonchev–Trinajstić information content (AvgIpc) is 3.23. The van der Waals surface area contributed by atoms with Gasteiger partial charge in [0.2, 0.25) is 6.79 Å². The third-order valence-corrected chi connectivity index (χ3v) is 5.86. The van der Waals surface area contributed by atoms with Crippen molar-refractivity contribution in [3.63, 3.8) is 0 Å². The summed E-state index contributed by atoms with van der Waals surface area (Å²) in [6.07, 6.45) is 0. The lowest BCUT2D eigenvalue weighted by Crippen LogP contribution is -3.27. The molecule has 2 aliphatic heterocycles. The Morgan fingerprint density at radius 1 is 1.07 bits per heavy atom. The highest BCUT2D eigenvalue weighted by Gasteiger charge is 2.31. The molecule has 1 atom stereocenters. The summed E-state index contributed by atoms with van der Waals surface area (Å²) in [6.45, 7) is 5.24. The first-order valence-corrected chi connectivity index (χ1v) is 10.1. The predicted octanol–water partition coefficient (Wildman–Crippen LogP) is -0.692. The molecule has 0 radical (unpaired) electrons. The fourth-order valence-electron chi connectivity index (χ4n) is 4.01. The van der Waals surface area contributed by atoms with Crippen LogP contribution in [0, 0.1) is 0 Å². The van der Waals surface area contributed by atoms with Gasteiger partial charge in [-0.1, -0.05) is 0 Å². The highest BCUT2D eigenvalue weighted by molar-refractivity contribution is 5.94. The van der Waals surface area contributed by atoms with Gasteiger partial charge in [0.25, 0.3) is 5.91 Å². The van der Waals surface area contributed by atoms with Gasteiger partial charge in [0.15, 0.2) is 11.5 Å². The molecule has 7 nitrogen and oxygen atoms in total. The fourth-order valence-corrected chi connectivity index (χ4v) is 4.01. The van der Waals surface area contributed by atoms with Gasteiger partial charge < -0.3 is 29.3 Å². The number of amides is 1. The van der Waals surface area contributed by atoms with E-state index in [0.717, 1.165) is 43.4 Å². The molecule has 0 unspecified atom stereocenters. The number of piperazine rings is 1. The van der Waals surface area contributed by atoms with Crippen molar-refractivity contribution in [1.82, 2.24) is 5.32 Å². The summed E-state index contributed by atoms with van der Waals surface area (Å²) in [5.74, 6) is 2.24. The molecule has 29 heavy (non-hydrogen) atoms. The summed E-state index contributed by atoms with van der Waals surface area (Å²) >= 11 is 0. The highest BCUT2D eigenvalue weighted by Crippen LogP contribution is 2.33. The number of carbonyl (C=O) groups is 1. The van der Waals surface area contributed by atoms with E-state index in [0.29, 0.717) is 12.1 Å². The molecule has 1 amide bonds. The van der Waals surface area contributed by atoms with Crippen LogP contribution in [0.3, 0.4) is 0 Å².